The Morgan fingerprint density at radius 1 is 1.09 bits per heavy atom. The first-order valence-electron chi connectivity index (χ1n) is 15.9. The summed E-state index contributed by atoms with van der Waals surface area (Å²) in [5, 5.41) is 42.4. The van der Waals surface area contributed by atoms with Gasteiger partial charge in [0.1, 0.15) is 5.78 Å². The molecule has 1 saturated carbocycles. The number of carboxylic acids is 1. The molecule has 10 nitrogen and oxygen atoms in total. The number of hydrogen-bond acceptors (Lipinski definition) is 8. The first-order chi connectivity index (χ1) is 20.1. The molecule has 0 saturated heterocycles. The van der Waals surface area contributed by atoms with E-state index < -0.39 is 53.4 Å². The molecule has 10 heteroatoms. The van der Waals surface area contributed by atoms with Gasteiger partial charge in [0.15, 0.2) is 0 Å². The summed E-state index contributed by atoms with van der Waals surface area (Å²) < 4.78 is 10.9. The van der Waals surface area contributed by atoms with Gasteiger partial charge in [0.25, 0.3) is 5.97 Å². The number of carbonyl (C=O) groups is 3. The van der Waals surface area contributed by atoms with Gasteiger partial charge < -0.3 is 35.2 Å². The van der Waals surface area contributed by atoms with Gasteiger partial charge >= 0.3 is 0 Å². The molecule has 1 amide bonds. The summed E-state index contributed by atoms with van der Waals surface area (Å²) in [5.74, 6) is -2.66. The third-order valence-electron chi connectivity index (χ3n) is 8.46. The summed E-state index contributed by atoms with van der Waals surface area (Å²) >= 11 is 0. The number of allylic oxidation sites excluding steroid dienone is 1. The summed E-state index contributed by atoms with van der Waals surface area (Å²) in [4.78, 5) is 34.7. The van der Waals surface area contributed by atoms with Gasteiger partial charge in [0, 0.05) is 33.5 Å². The molecule has 1 aliphatic carbocycles. The van der Waals surface area contributed by atoms with E-state index in [0.29, 0.717) is 12.3 Å². The maximum Gasteiger partial charge on any atom is 0.300 e. The molecule has 0 aliphatic heterocycles. The molecule has 8 atom stereocenters. The topological polar surface area (TPSA) is 163 Å². The Morgan fingerprint density at radius 2 is 1.70 bits per heavy atom. The Morgan fingerprint density at radius 3 is 2.26 bits per heavy atom. The average molecular weight is 616 g/mol. The fraction of sp³-hybridized carbons (Fsp3) is 0.848. The van der Waals surface area contributed by atoms with Crippen LogP contribution in [0.15, 0.2) is 12.2 Å². The molecule has 1 fully saturated rings. The fourth-order valence-corrected chi connectivity index (χ4v) is 5.72. The number of aliphatic hydroxyl groups is 3. The van der Waals surface area contributed by atoms with Gasteiger partial charge in [-0.2, -0.15) is 0 Å². The first-order valence-corrected chi connectivity index (χ1v) is 15.9. The van der Waals surface area contributed by atoms with E-state index >= 15 is 0 Å². The van der Waals surface area contributed by atoms with Crippen molar-refractivity contribution in [2.45, 2.75) is 136 Å². The van der Waals surface area contributed by atoms with Crippen LogP contribution in [0, 0.1) is 23.2 Å². The SMILES string of the molecule is CC(=O)O.CCCCCCCC(C)CC(C/C=C/CCC(=O)NC(COC)C(O)[C@@H]1C(=O)C(C)(C)[C@H](O)[C@@H](C)[C@@H]1O)OC. The molecule has 0 radical (unpaired) electrons. The molecule has 0 aromatic carbocycles. The van der Waals surface area contributed by atoms with Crippen molar-refractivity contribution in [1.82, 2.24) is 5.32 Å². The maximum absolute atomic E-state index is 13.1. The minimum atomic E-state index is -1.35. The van der Waals surface area contributed by atoms with Crippen molar-refractivity contribution in [3.8, 4) is 0 Å². The highest BCUT2D eigenvalue weighted by atomic mass is 16.5. The smallest absolute Gasteiger partial charge is 0.300 e. The highest BCUT2D eigenvalue weighted by Gasteiger charge is 2.55. The van der Waals surface area contributed by atoms with E-state index in [1.165, 1.54) is 45.6 Å². The number of rotatable bonds is 19. The van der Waals surface area contributed by atoms with Crippen molar-refractivity contribution < 1.29 is 44.3 Å². The minimum Gasteiger partial charge on any atom is -0.481 e. The van der Waals surface area contributed by atoms with E-state index in [1.807, 2.05) is 6.08 Å². The van der Waals surface area contributed by atoms with E-state index in [0.717, 1.165) is 19.8 Å². The second kappa shape index (κ2) is 21.8. The van der Waals surface area contributed by atoms with Crippen LogP contribution in [0.25, 0.3) is 0 Å². The largest absolute Gasteiger partial charge is 0.481 e. The normalized spacial score (nSPS) is 24.5. The highest BCUT2D eigenvalue weighted by molar-refractivity contribution is 5.89. The summed E-state index contributed by atoms with van der Waals surface area (Å²) in [6.45, 7) is 10.5. The number of ketones is 1. The number of aliphatic hydroxyl groups excluding tert-OH is 3. The quantitative estimate of drug-likeness (QED) is 0.105. The van der Waals surface area contributed by atoms with Gasteiger partial charge in [-0.05, 0) is 25.2 Å². The molecule has 0 aromatic heterocycles. The van der Waals surface area contributed by atoms with Gasteiger partial charge in [0.05, 0.1) is 48.4 Å². The van der Waals surface area contributed by atoms with Crippen LogP contribution in [-0.2, 0) is 23.9 Å². The molecule has 0 spiro atoms. The van der Waals surface area contributed by atoms with E-state index in [4.69, 9.17) is 19.4 Å². The second-order valence-corrected chi connectivity index (χ2v) is 12.7. The number of unbranched alkanes of at least 4 members (excludes halogenated alkanes) is 4. The Labute approximate surface area is 259 Å². The molecular weight excluding hydrogens is 554 g/mol. The standard InChI is InChI=1S/C31H57NO7.C2H4O2/c1-8-9-10-11-13-16-21(2)19-23(39-7)17-14-12-15-18-25(33)32-24(20-38-6)28(35)26-27(34)22(3)29(36)31(4,5)30(26)37;1-2(3)4/h12,14,21-24,26-29,34-36H,8-11,13,15-20H2,1-7H3,(H,32,33);1H3,(H,3,4)/b14-12+;/t21?,22-,23?,24?,26+,27-,28?,29+;/m0./s1. The van der Waals surface area contributed by atoms with Crippen LogP contribution in [0.3, 0.4) is 0 Å². The van der Waals surface area contributed by atoms with Crippen LogP contribution in [0.4, 0.5) is 0 Å². The van der Waals surface area contributed by atoms with Crippen molar-refractivity contribution in [3.63, 3.8) is 0 Å². The number of aliphatic carboxylic acids is 1. The molecule has 0 aromatic rings. The van der Waals surface area contributed by atoms with Crippen molar-refractivity contribution in [3.05, 3.63) is 12.2 Å². The average Bonchev–Trinajstić information content (AvgIpc) is 2.94. The van der Waals surface area contributed by atoms with E-state index in [-0.39, 0.29) is 25.0 Å². The van der Waals surface area contributed by atoms with Crippen LogP contribution in [-0.4, -0.2) is 89.4 Å². The summed E-state index contributed by atoms with van der Waals surface area (Å²) in [7, 11) is 3.20. The van der Waals surface area contributed by atoms with Crippen LogP contribution in [0.1, 0.15) is 106 Å². The van der Waals surface area contributed by atoms with Gasteiger partial charge in [-0.3, -0.25) is 14.4 Å². The number of ether oxygens (including phenoxy) is 2. The summed E-state index contributed by atoms with van der Waals surface area (Å²) in [6, 6.07) is -0.866. The van der Waals surface area contributed by atoms with Crippen molar-refractivity contribution >= 4 is 17.7 Å². The predicted molar refractivity (Wildman–Crippen MR) is 168 cm³/mol. The van der Waals surface area contributed by atoms with Gasteiger partial charge in [0.2, 0.25) is 5.91 Å². The zero-order valence-corrected chi connectivity index (χ0v) is 27.9. The number of Topliss-reactive ketones (excluding diaryl/α,β-unsaturated/α-hetero) is 1. The Hall–Kier alpha value is -1.85. The number of hydrogen-bond donors (Lipinski definition) is 5. The second-order valence-electron chi connectivity index (χ2n) is 12.7. The summed E-state index contributed by atoms with van der Waals surface area (Å²) in [5.41, 5.74) is -1.12. The van der Waals surface area contributed by atoms with Gasteiger partial charge in [-0.25, -0.2) is 0 Å². The molecule has 252 valence electrons. The van der Waals surface area contributed by atoms with Crippen LogP contribution < -0.4 is 5.32 Å². The van der Waals surface area contributed by atoms with E-state index in [2.05, 4.69) is 25.2 Å². The first kappa shape index (κ1) is 41.1. The van der Waals surface area contributed by atoms with E-state index in [9.17, 15) is 24.9 Å². The lowest BCUT2D eigenvalue weighted by atomic mass is 9.61. The van der Waals surface area contributed by atoms with Crippen LogP contribution in [0.2, 0.25) is 0 Å². The molecule has 43 heavy (non-hydrogen) atoms. The molecule has 1 aliphatic rings. The Bertz CT molecular complexity index is 827. The highest BCUT2D eigenvalue weighted by Crippen LogP contribution is 2.41. The Kier molecular flexibility index (Phi) is 20.8. The molecule has 0 heterocycles. The monoisotopic (exact) mass is 615 g/mol. The predicted octanol–water partition coefficient (Wildman–Crippen LogP) is 4.28. The van der Waals surface area contributed by atoms with Crippen molar-refractivity contribution in [2.75, 3.05) is 20.8 Å². The molecule has 5 N–H and O–H groups in total. The number of methoxy groups -OCH3 is 2. The number of nitrogens with one attached hydrogen (secondary N) is 1. The molecule has 1 rings (SSSR count). The zero-order chi connectivity index (χ0) is 33.2. The molecule has 4 unspecified atom stereocenters. The van der Waals surface area contributed by atoms with Crippen molar-refractivity contribution in [1.29, 1.82) is 0 Å². The van der Waals surface area contributed by atoms with E-state index in [1.54, 1.807) is 27.9 Å². The minimum absolute atomic E-state index is 0.0110. The molecular formula is C33H61NO9. The van der Waals surface area contributed by atoms with Gasteiger partial charge in [-0.15, -0.1) is 0 Å². The van der Waals surface area contributed by atoms with Gasteiger partial charge in [-0.1, -0.05) is 85.3 Å². The summed E-state index contributed by atoms with van der Waals surface area (Å²) in [6.07, 6.45) is 10.9. The Balaban J connectivity index is 0.00000413. The maximum atomic E-state index is 13.1. The zero-order valence-electron chi connectivity index (χ0n) is 27.9. The third-order valence-corrected chi connectivity index (χ3v) is 8.46. The number of amides is 1. The van der Waals surface area contributed by atoms with Crippen molar-refractivity contribution in [2.24, 2.45) is 23.2 Å². The third kappa shape index (κ3) is 15.1. The number of carboxylic acid groups (broad SMARTS) is 1. The lowest BCUT2D eigenvalue weighted by Gasteiger charge is -2.47. The lowest BCUT2D eigenvalue weighted by molar-refractivity contribution is -0.173. The van der Waals surface area contributed by atoms with Crippen LogP contribution in [0.5, 0.6) is 0 Å². The molecule has 0 bridgehead atoms. The number of carbonyl (C=O) groups excluding carboxylic acids is 2. The lowest BCUT2D eigenvalue weighted by Crippen LogP contribution is -2.63. The van der Waals surface area contributed by atoms with Crippen LogP contribution >= 0.6 is 0 Å². The fourth-order valence-electron chi connectivity index (χ4n) is 5.72.